The Bertz CT molecular complexity index is 621. The molecule has 0 unspecified atom stereocenters. The molecular formula is C16H24N2O2S. The molecule has 0 fully saturated rings. The Kier molecular flexibility index (Phi) is 6.90. The van der Waals surface area contributed by atoms with Gasteiger partial charge in [0.15, 0.2) is 0 Å². The molecule has 5 heteroatoms. The number of sulfonamides is 1. The van der Waals surface area contributed by atoms with E-state index in [9.17, 15) is 8.42 Å². The van der Waals surface area contributed by atoms with Crippen molar-refractivity contribution < 1.29 is 8.42 Å². The van der Waals surface area contributed by atoms with Gasteiger partial charge in [0.25, 0.3) is 0 Å². The lowest BCUT2D eigenvalue weighted by atomic mass is 10.1. The average Bonchev–Trinajstić information content (AvgIpc) is 2.46. The molecule has 0 spiro atoms. The van der Waals surface area contributed by atoms with Gasteiger partial charge in [0.2, 0.25) is 10.0 Å². The fourth-order valence-electron chi connectivity index (χ4n) is 2.10. The molecule has 4 nitrogen and oxygen atoms in total. The van der Waals surface area contributed by atoms with E-state index in [4.69, 9.17) is 5.73 Å². The fourth-order valence-corrected chi connectivity index (χ4v) is 3.97. The lowest BCUT2D eigenvalue weighted by molar-refractivity contribution is 0.409. The van der Waals surface area contributed by atoms with E-state index in [0.717, 1.165) is 18.4 Å². The zero-order valence-electron chi connectivity index (χ0n) is 13.0. The first-order valence-corrected chi connectivity index (χ1v) is 8.71. The molecule has 0 aromatic heterocycles. The molecule has 0 heterocycles. The summed E-state index contributed by atoms with van der Waals surface area (Å²) in [6.07, 6.45) is 1.59. The highest BCUT2D eigenvalue weighted by Gasteiger charge is 2.24. The van der Waals surface area contributed by atoms with Gasteiger partial charge in [-0.3, -0.25) is 0 Å². The van der Waals surface area contributed by atoms with Crippen molar-refractivity contribution >= 4 is 10.0 Å². The van der Waals surface area contributed by atoms with Gasteiger partial charge in [0, 0.05) is 18.7 Å². The van der Waals surface area contributed by atoms with E-state index in [0.29, 0.717) is 23.5 Å². The van der Waals surface area contributed by atoms with Crippen LogP contribution in [0.15, 0.2) is 23.1 Å². The highest BCUT2D eigenvalue weighted by atomic mass is 32.2. The Morgan fingerprint density at radius 1 is 1.19 bits per heavy atom. The van der Waals surface area contributed by atoms with Gasteiger partial charge < -0.3 is 5.73 Å². The van der Waals surface area contributed by atoms with Crippen LogP contribution in [0.3, 0.4) is 0 Å². The van der Waals surface area contributed by atoms with Crippen molar-refractivity contribution in [2.45, 2.75) is 38.5 Å². The van der Waals surface area contributed by atoms with Crippen molar-refractivity contribution in [3.63, 3.8) is 0 Å². The third-order valence-electron chi connectivity index (χ3n) is 3.09. The smallest absolute Gasteiger partial charge is 0.243 e. The van der Waals surface area contributed by atoms with Crippen LogP contribution in [-0.4, -0.2) is 32.4 Å². The van der Waals surface area contributed by atoms with E-state index in [2.05, 4.69) is 11.8 Å². The van der Waals surface area contributed by atoms with Gasteiger partial charge in [-0.25, -0.2) is 8.42 Å². The number of nitrogens with two attached hydrogens (primary N) is 1. The molecule has 1 aromatic carbocycles. The summed E-state index contributed by atoms with van der Waals surface area (Å²) in [6, 6.07) is 5.26. The van der Waals surface area contributed by atoms with Gasteiger partial charge in [0.1, 0.15) is 0 Å². The molecule has 21 heavy (non-hydrogen) atoms. The molecule has 0 bridgehead atoms. The molecule has 0 radical (unpaired) electrons. The minimum atomic E-state index is -3.47. The first-order chi connectivity index (χ1) is 9.97. The molecule has 0 aliphatic heterocycles. The van der Waals surface area contributed by atoms with Crippen LogP contribution in [0.25, 0.3) is 0 Å². The van der Waals surface area contributed by atoms with Crippen molar-refractivity contribution in [3.8, 4) is 11.8 Å². The topological polar surface area (TPSA) is 63.4 Å². The maximum Gasteiger partial charge on any atom is 0.243 e. The minimum absolute atomic E-state index is 0.258. The lowest BCUT2D eigenvalue weighted by Gasteiger charge is -2.22. The van der Waals surface area contributed by atoms with E-state index >= 15 is 0 Å². The number of hydrogen-bond acceptors (Lipinski definition) is 3. The predicted molar refractivity (Wildman–Crippen MR) is 86.5 cm³/mol. The number of nitrogens with zero attached hydrogens (tertiary/aromatic N) is 1. The summed E-state index contributed by atoms with van der Waals surface area (Å²) in [6.45, 7) is 7.10. The van der Waals surface area contributed by atoms with Crippen LogP contribution < -0.4 is 5.73 Å². The summed E-state index contributed by atoms with van der Waals surface area (Å²) in [7, 11) is -3.47. The molecule has 1 aromatic rings. The van der Waals surface area contributed by atoms with E-state index in [1.165, 1.54) is 0 Å². The van der Waals surface area contributed by atoms with Crippen LogP contribution in [0, 0.1) is 18.8 Å². The largest absolute Gasteiger partial charge is 0.320 e. The quantitative estimate of drug-likeness (QED) is 0.819. The summed E-state index contributed by atoms with van der Waals surface area (Å²) in [5.41, 5.74) is 6.78. The van der Waals surface area contributed by atoms with Crippen LogP contribution in [0.5, 0.6) is 0 Å². The third kappa shape index (κ3) is 4.57. The highest BCUT2D eigenvalue weighted by molar-refractivity contribution is 7.89. The molecule has 0 saturated carbocycles. The van der Waals surface area contributed by atoms with Gasteiger partial charge >= 0.3 is 0 Å². The molecule has 116 valence electrons. The molecule has 0 amide bonds. The van der Waals surface area contributed by atoms with Crippen molar-refractivity contribution in [3.05, 3.63) is 29.3 Å². The molecule has 0 saturated heterocycles. The fraction of sp³-hybridized carbons (Fsp3) is 0.500. The normalized spacial score (nSPS) is 11.3. The summed E-state index contributed by atoms with van der Waals surface area (Å²) in [5, 5.41) is 0. The van der Waals surface area contributed by atoms with E-state index in [1.807, 2.05) is 26.8 Å². The molecular weight excluding hydrogens is 284 g/mol. The van der Waals surface area contributed by atoms with Crippen molar-refractivity contribution in [2.24, 2.45) is 5.73 Å². The summed E-state index contributed by atoms with van der Waals surface area (Å²) in [5.74, 6) is 5.64. The molecule has 2 N–H and O–H groups in total. The minimum Gasteiger partial charge on any atom is -0.320 e. The van der Waals surface area contributed by atoms with Gasteiger partial charge in [-0.15, -0.1) is 0 Å². The molecule has 1 rings (SSSR count). The van der Waals surface area contributed by atoms with Crippen molar-refractivity contribution in [1.82, 2.24) is 4.31 Å². The summed E-state index contributed by atoms with van der Waals surface area (Å²) < 4.78 is 27.2. The molecule has 0 atom stereocenters. The van der Waals surface area contributed by atoms with Crippen LogP contribution in [0.1, 0.15) is 37.8 Å². The Balaban J connectivity index is 3.28. The maximum absolute atomic E-state index is 12.8. The SMILES string of the molecule is CCCN(CCC)S(=O)(=O)c1cc(C#CCN)ccc1C. The lowest BCUT2D eigenvalue weighted by Crippen LogP contribution is -2.33. The zero-order chi connectivity index (χ0) is 15.9. The second kappa shape index (κ2) is 8.18. The Labute approximate surface area is 128 Å². The Hall–Kier alpha value is -1.35. The van der Waals surface area contributed by atoms with Crippen LogP contribution in [-0.2, 0) is 10.0 Å². The van der Waals surface area contributed by atoms with Crippen LogP contribution in [0.4, 0.5) is 0 Å². The van der Waals surface area contributed by atoms with Crippen LogP contribution >= 0.6 is 0 Å². The first kappa shape index (κ1) is 17.7. The van der Waals surface area contributed by atoms with E-state index < -0.39 is 10.0 Å². The number of rotatable bonds is 6. The predicted octanol–water partition coefficient (Wildman–Crippen LogP) is 2.12. The number of hydrogen-bond donors (Lipinski definition) is 1. The Morgan fingerprint density at radius 3 is 2.33 bits per heavy atom. The molecule has 0 aliphatic rings. The third-order valence-corrected chi connectivity index (χ3v) is 5.13. The summed E-state index contributed by atoms with van der Waals surface area (Å²) in [4.78, 5) is 0.341. The van der Waals surface area contributed by atoms with E-state index in [-0.39, 0.29) is 6.54 Å². The molecule has 0 aliphatic carbocycles. The van der Waals surface area contributed by atoms with Gasteiger partial charge in [-0.05, 0) is 37.5 Å². The first-order valence-electron chi connectivity index (χ1n) is 7.27. The monoisotopic (exact) mass is 308 g/mol. The number of aryl methyl sites for hydroxylation is 1. The summed E-state index contributed by atoms with van der Waals surface area (Å²) >= 11 is 0. The highest BCUT2D eigenvalue weighted by Crippen LogP contribution is 2.21. The van der Waals surface area contributed by atoms with Crippen molar-refractivity contribution in [2.75, 3.05) is 19.6 Å². The van der Waals surface area contributed by atoms with Gasteiger partial charge in [-0.2, -0.15) is 4.31 Å². The zero-order valence-corrected chi connectivity index (χ0v) is 13.8. The van der Waals surface area contributed by atoms with E-state index in [1.54, 1.807) is 16.4 Å². The average molecular weight is 308 g/mol. The standard InChI is InChI=1S/C16H24N2O2S/c1-4-11-18(12-5-2)21(19,20)16-13-15(7-6-10-17)9-8-14(16)3/h8-9,13H,4-5,10-12,17H2,1-3H3. The van der Waals surface area contributed by atoms with Gasteiger partial charge in [-0.1, -0.05) is 31.8 Å². The Morgan fingerprint density at radius 2 is 1.81 bits per heavy atom. The second-order valence-electron chi connectivity index (χ2n) is 4.89. The van der Waals surface area contributed by atoms with Crippen molar-refractivity contribution in [1.29, 1.82) is 0 Å². The van der Waals surface area contributed by atoms with Gasteiger partial charge in [0.05, 0.1) is 11.4 Å². The second-order valence-corrected chi connectivity index (χ2v) is 6.80. The maximum atomic E-state index is 12.8. The van der Waals surface area contributed by atoms with Crippen LogP contribution in [0.2, 0.25) is 0 Å². The number of benzene rings is 1.